The van der Waals surface area contributed by atoms with Crippen LogP contribution in [-0.2, 0) is 15.2 Å². The summed E-state index contributed by atoms with van der Waals surface area (Å²) >= 11 is 0. The Morgan fingerprint density at radius 1 is 1.38 bits per heavy atom. The molecule has 0 bridgehead atoms. The van der Waals surface area contributed by atoms with Crippen LogP contribution in [-0.4, -0.2) is 24.0 Å². The van der Waals surface area contributed by atoms with Crippen LogP contribution in [0.15, 0.2) is 30.3 Å². The minimum atomic E-state index is -4.57. The van der Waals surface area contributed by atoms with E-state index in [1.54, 1.807) is 6.07 Å². The third-order valence-corrected chi connectivity index (χ3v) is 1.88. The van der Waals surface area contributed by atoms with Gasteiger partial charge in [0.2, 0.25) is 0 Å². The van der Waals surface area contributed by atoms with Gasteiger partial charge in [-0.2, -0.15) is 8.42 Å². The van der Waals surface area contributed by atoms with Crippen molar-refractivity contribution in [1.29, 1.82) is 0 Å². The molecule has 0 spiro atoms. The number of carboxylic acid groups (broad SMARTS) is 1. The highest BCUT2D eigenvalue weighted by molar-refractivity contribution is 7.81. The van der Waals surface area contributed by atoms with Gasteiger partial charge in [0, 0.05) is 6.08 Å². The lowest BCUT2D eigenvalue weighted by atomic mass is 10.2. The van der Waals surface area contributed by atoms with Crippen molar-refractivity contribution in [3.8, 4) is 5.75 Å². The lowest BCUT2D eigenvalue weighted by Crippen LogP contribution is -2.06. The molecule has 0 saturated carbocycles. The zero-order valence-electron chi connectivity index (χ0n) is 7.90. The van der Waals surface area contributed by atoms with Crippen LogP contribution in [0.25, 0.3) is 6.08 Å². The second-order valence-electron chi connectivity index (χ2n) is 2.76. The first-order valence-corrected chi connectivity index (χ1v) is 5.41. The molecule has 0 aliphatic heterocycles. The van der Waals surface area contributed by atoms with E-state index in [0.29, 0.717) is 5.56 Å². The monoisotopic (exact) mass is 244 g/mol. The van der Waals surface area contributed by atoms with Crippen molar-refractivity contribution in [2.24, 2.45) is 0 Å². The number of benzene rings is 1. The van der Waals surface area contributed by atoms with E-state index in [1.165, 1.54) is 24.3 Å². The molecule has 0 saturated heterocycles. The summed E-state index contributed by atoms with van der Waals surface area (Å²) < 4.78 is 33.4. The standard InChI is InChI=1S/C9H8O6S/c10-9(11)5-4-7-2-1-3-8(6-7)15-16(12,13)14/h1-6H,(H,10,11)(H,12,13,14). The molecule has 7 heteroatoms. The number of aliphatic carboxylic acids is 1. The number of rotatable bonds is 4. The van der Waals surface area contributed by atoms with Gasteiger partial charge in [-0.05, 0) is 23.8 Å². The number of hydrogen-bond acceptors (Lipinski definition) is 4. The predicted octanol–water partition coefficient (Wildman–Crippen LogP) is 0.966. The van der Waals surface area contributed by atoms with Crippen molar-refractivity contribution in [2.75, 3.05) is 0 Å². The molecule has 0 aromatic heterocycles. The lowest BCUT2D eigenvalue weighted by Gasteiger charge is -2.01. The molecule has 0 amide bonds. The minimum Gasteiger partial charge on any atom is -0.478 e. The van der Waals surface area contributed by atoms with Crippen molar-refractivity contribution >= 4 is 22.4 Å². The predicted molar refractivity (Wildman–Crippen MR) is 55.3 cm³/mol. The van der Waals surface area contributed by atoms with E-state index in [9.17, 15) is 13.2 Å². The maximum atomic E-state index is 10.4. The topological polar surface area (TPSA) is 101 Å². The zero-order valence-corrected chi connectivity index (χ0v) is 8.72. The Morgan fingerprint density at radius 2 is 2.06 bits per heavy atom. The number of hydrogen-bond donors (Lipinski definition) is 2. The number of carbonyl (C=O) groups is 1. The summed E-state index contributed by atoms with van der Waals surface area (Å²) in [6, 6.07) is 5.59. The quantitative estimate of drug-likeness (QED) is 0.604. The third-order valence-electron chi connectivity index (χ3n) is 1.48. The molecule has 1 aromatic carbocycles. The normalized spacial score (nSPS) is 11.6. The van der Waals surface area contributed by atoms with E-state index < -0.39 is 16.4 Å². The van der Waals surface area contributed by atoms with Gasteiger partial charge in [-0.15, -0.1) is 0 Å². The first-order valence-electron chi connectivity index (χ1n) is 4.05. The molecule has 1 aromatic rings. The van der Waals surface area contributed by atoms with Gasteiger partial charge in [-0.3, -0.25) is 4.55 Å². The van der Waals surface area contributed by atoms with Crippen molar-refractivity contribution < 1.29 is 27.1 Å². The SMILES string of the molecule is O=C(O)C=Cc1cccc(OS(=O)(=O)O)c1. The van der Waals surface area contributed by atoms with E-state index in [4.69, 9.17) is 9.66 Å². The van der Waals surface area contributed by atoms with Gasteiger partial charge in [0.25, 0.3) is 0 Å². The molecule has 2 N–H and O–H groups in total. The van der Waals surface area contributed by atoms with E-state index in [1.807, 2.05) is 0 Å². The molecule has 0 aliphatic carbocycles. The molecule has 16 heavy (non-hydrogen) atoms. The summed E-state index contributed by atoms with van der Waals surface area (Å²) in [5.41, 5.74) is 0.434. The summed E-state index contributed by atoms with van der Waals surface area (Å²) in [7, 11) is -4.57. The van der Waals surface area contributed by atoms with Crippen LogP contribution in [0.1, 0.15) is 5.56 Å². The zero-order chi connectivity index (χ0) is 12.2. The summed E-state index contributed by atoms with van der Waals surface area (Å²) in [4.78, 5) is 10.2. The first-order chi connectivity index (χ1) is 7.37. The number of carboxylic acids is 1. The highest BCUT2D eigenvalue weighted by Gasteiger charge is 2.06. The van der Waals surface area contributed by atoms with Gasteiger partial charge in [0.1, 0.15) is 5.75 Å². The molecular formula is C9H8O6S. The van der Waals surface area contributed by atoms with E-state index in [-0.39, 0.29) is 5.75 Å². The molecule has 86 valence electrons. The highest BCUT2D eigenvalue weighted by atomic mass is 32.3. The summed E-state index contributed by atoms with van der Waals surface area (Å²) in [5, 5.41) is 8.38. The summed E-state index contributed by atoms with van der Waals surface area (Å²) in [6.45, 7) is 0. The highest BCUT2D eigenvalue weighted by Crippen LogP contribution is 2.15. The first kappa shape index (κ1) is 12.2. The average molecular weight is 244 g/mol. The van der Waals surface area contributed by atoms with E-state index in [2.05, 4.69) is 4.18 Å². The van der Waals surface area contributed by atoms with Gasteiger partial charge < -0.3 is 9.29 Å². The van der Waals surface area contributed by atoms with Crippen molar-refractivity contribution in [3.05, 3.63) is 35.9 Å². The van der Waals surface area contributed by atoms with E-state index >= 15 is 0 Å². The maximum Gasteiger partial charge on any atom is 0.446 e. The van der Waals surface area contributed by atoms with Crippen LogP contribution in [0.5, 0.6) is 5.75 Å². The van der Waals surface area contributed by atoms with Crippen LogP contribution in [0, 0.1) is 0 Å². The fraction of sp³-hybridized carbons (Fsp3) is 0. The fourth-order valence-electron chi connectivity index (χ4n) is 0.959. The molecule has 1 rings (SSSR count). The van der Waals surface area contributed by atoms with Crippen molar-refractivity contribution in [1.82, 2.24) is 0 Å². The van der Waals surface area contributed by atoms with Crippen LogP contribution >= 0.6 is 0 Å². The average Bonchev–Trinajstić information content (AvgIpc) is 2.12. The van der Waals surface area contributed by atoms with Gasteiger partial charge in [-0.1, -0.05) is 12.1 Å². The maximum absolute atomic E-state index is 10.4. The Balaban J connectivity index is 2.91. The minimum absolute atomic E-state index is 0.102. The molecule has 0 atom stereocenters. The smallest absolute Gasteiger partial charge is 0.446 e. The largest absolute Gasteiger partial charge is 0.478 e. The Labute approximate surface area is 91.7 Å². The second-order valence-corrected chi connectivity index (χ2v) is 3.78. The van der Waals surface area contributed by atoms with E-state index in [0.717, 1.165) is 6.08 Å². The van der Waals surface area contributed by atoms with Gasteiger partial charge in [0.15, 0.2) is 0 Å². The molecule has 0 fully saturated rings. The fourth-order valence-corrected chi connectivity index (χ4v) is 1.31. The van der Waals surface area contributed by atoms with Gasteiger partial charge in [-0.25, -0.2) is 4.79 Å². The molecule has 0 unspecified atom stereocenters. The van der Waals surface area contributed by atoms with Gasteiger partial charge in [0.05, 0.1) is 0 Å². The third kappa shape index (κ3) is 4.58. The lowest BCUT2D eigenvalue weighted by molar-refractivity contribution is -0.131. The molecule has 6 nitrogen and oxygen atoms in total. The summed E-state index contributed by atoms with van der Waals surface area (Å²) in [5.74, 6) is -1.23. The second kappa shape index (κ2) is 4.77. The van der Waals surface area contributed by atoms with Crippen molar-refractivity contribution in [2.45, 2.75) is 0 Å². The van der Waals surface area contributed by atoms with Crippen LogP contribution in [0.2, 0.25) is 0 Å². The van der Waals surface area contributed by atoms with Gasteiger partial charge >= 0.3 is 16.4 Å². The van der Waals surface area contributed by atoms with Crippen LogP contribution < -0.4 is 4.18 Å². The van der Waals surface area contributed by atoms with Crippen LogP contribution in [0.3, 0.4) is 0 Å². The Morgan fingerprint density at radius 3 is 2.62 bits per heavy atom. The Kier molecular flexibility index (Phi) is 3.64. The molecule has 0 heterocycles. The molecule has 0 aliphatic rings. The van der Waals surface area contributed by atoms with Crippen molar-refractivity contribution in [3.63, 3.8) is 0 Å². The Bertz CT molecular complexity index is 517. The summed E-state index contributed by atoms with van der Waals surface area (Å²) in [6.07, 6.45) is 2.16. The molecular weight excluding hydrogens is 236 g/mol. The molecule has 0 radical (unpaired) electrons. The Hall–Kier alpha value is -1.86. The van der Waals surface area contributed by atoms with Crippen LogP contribution in [0.4, 0.5) is 0 Å².